The van der Waals surface area contributed by atoms with Gasteiger partial charge in [0.15, 0.2) is 12.0 Å². The minimum absolute atomic E-state index is 0.168. The minimum Gasteiger partial charge on any atom is -0.443 e. The first-order valence-corrected chi connectivity index (χ1v) is 17.4. The monoisotopic (exact) mass is 653 g/mol. The Morgan fingerprint density at radius 2 is 1.29 bits per heavy atom. The van der Waals surface area contributed by atoms with Crippen LogP contribution in [-0.2, 0) is 0 Å². The molecule has 0 saturated carbocycles. The van der Waals surface area contributed by atoms with E-state index in [0.717, 1.165) is 56.1 Å². The number of para-hydroxylation sites is 4. The molecule has 5 aromatic heterocycles. The zero-order valence-corrected chi connectivity index (χ0v) is 27.3. The number of benzene rings is 6. The van der Waals surface area contributed by atoms with Crippen molar-refractivity contribution in [1.29, 1.82) is 0 Å². The zero-order chi connectivity index (χ0) is 33.2. The van der Waals surface area contributed by atoms with Gasteiger partial charge in [-0.3, -0.25) is 4.57 Å². The summed E-state index contributed by atoms with van der Waals surface area (Å²) in [6.45, 7) is 0. The fraction of sp³-hybridized carbons (Fsp3) is 0.0444. The predicted molar refractivity (Wildman–Crippen MR) is 207 cm³/mol. The fourth-order valence-corrected chi connectivity index (χ4v) is 8.72. The van der Waals surface area contributed by atoms with Gasteiger partial charge < -0.3 is 8.82 Å². The lowest BCUT2D eigenvalue weighted by Gasteiger charge is -2.19. The average molecular weight is 654 g/mol. The largest absolute Gasteiger partial charge is 0.443 e. The third kappa shape index (κ3) is 3.63. The van der Waals surface area contributed by atoms with Gasteiger partial charge in [-0.25, -0.2) is 15.0 Å². The molecule has 0 amide bonds. The number of aromatic nitrogens is 5. The second-order valence-electron chi connectivity index (χ2n) is 13.6. The third-order valence-corrected chi connectivity index (χ3v) is 10.9. The Morgan fingerprint density at radius 1 is 0.608 bits per heavy atom. The van der Waals surface area contributed by atoms with E-state index in [2.05, 4.69) is 154 Å². The smallest absolute Gasteiger partial charge is 0.235 e. The molecule has 0 spiro atoms. The van der Waals surface area contributed by atoms with Gasteiger partial charge in [0.05, 0.1) is 44.2 Å². The van der Waals surface area contributed by atoms with Crippen LogP contribution in [0.4, 0.5) is 0 Å². The average Bonchev–Trinajstić information content (AvgIpc) is 3.96. The van der Waals surface area contributed by atoms with E-state index in [0.29, 0.717) is 5.95 Å². The Hall–Kier alpha value is -6.79. The number of allylic oxidation sites excluding steroid dienone is 4. The Balaban J connectivity index is 1.06. The van der Waals surface area contributed by atoms with Crippen molar-refractivity contribution in [2.75, 3.05) is 0 Å². The first-order chi connectivity index (χ1) is 25.3. The van der Waals surface area contributed by atoms with Crippen molar-refractivity contribution in [1.82, 2.24) is 23.9 Å². The normalized spacial score (nSPS) is 15.2. The van der Waals surface area contributed by atoms with Gasteiger partial charge in [0.2, 0.25) is 5.95 Å². The molecule has 0 aliphatic heterocycles. The SMILES string of the molecule is C1=CC(c2nc(-n3c4ccccc4c4ccccc43)nc3ccccc23)=CC(c2ccc3c(c2)c2c4ocnc4cc4c5ccccc5n3c42)C1. The van der Waals surface area contributed by atoms with Gasteiger partial charge >= 0.3 is 0 Å². The van der Waals surface area contributed by atoms with E-state index in [1.54, 1.807) is 6.39 Å². The molecule has 0 fully saturated rings. The summed E-state index contributed by atoms with van der Waals surface area (Å²) in [7, 11) is 0. The molecule has 1 aliphatic carbocycles. The van der Waals surface area contributed by atoms with E-state index in [1.165, 1.54) is 49.0 Å². The molecule has 0 N–H and O–H groups in total. The maximum absolute atomic E-state index is 6.07. The molecular weight excluding hydrogens is 627 g/mol. The van der Waals surface area contributed by atoms with Crippen LogP contribution in [0.25, 0.3) is 93.4 Å². The molecule has 0 radical (unpaired) electrons. The van der Waals surface area contributed by atoms with Crippen LogP contribution in [0.5, 0.6) is 0 Å². The maximum Gasteiger partial charge on any atom is 0.235 e. The van der Waals surface area contributed by atoms with Crippen molar-refractivity contribution in [2.45, 2.75) is 12.3 Å². The van der Waals surface area contributed by atoms with E-state index in [-0.39, 0.29) is 5.92 Å². The van der Waals surface area contributed by atoms with E-state index in [1.807, 2.05) is 0 Å². The van der Waals surface area contributed by atoms with E-state index < -0.39 is 0 Å². The molecule has 1 unspecified atom stereocenters. The van der Waals surface area contributed by atoms with Gasteiger partial charge in [-0.2, -0.15) is 0 Å². The Bertz CT molecular complexity index is 3250. The van der Waals surface area contributed by atoms with Crippen molar-refractivity contribution >= 4 is 87.5 Å². The second-order valence-corrected chi connectivity index (χ2v) is 13.6. The standard InChI is InChI=1S/C45H27N5O/c1-5-16-35-32(15-1)42(48-45(47-35)50-38-18-7-2-12-29(38)30-13-3-8-19-39(30)50)28-11-9-10-26(22-28)27-20-21-40-34(23-27)41-43-33(24-36-44(41)51-25-46-36)31-14-4-6-17-37(31)49(40)43/h1-9,11-26H,10H2. The molecule has 1 aliphatic rings. The second kappa shape index (κ2) is 9.89. The van der Waals surface area contributed by atoms with E-state index in [9.17, 15) is 0 Å². The lowest BCUT2D eigenvalue weighted by molar-refractivity contribution is 0.605. The highest BCUT2D eigenvalue weighted by molar-refractivity contribution is 6.29. The third-order valence-electron chi connectivity index (χ3n) is 10.9. The van der Waals surface area contributed by atoms with E-state index >= 15 is 0 Å². The lowest BCUT2D eigenvalue weighted by atomic mass is 9.87. The summed E-state index contributed by atoms with van der Waals surface area (Å²) >= 11 is 0. The summed E-state index contributed by atoms with van der Waals surface area (Å²) in [6.07, 6.45) is 9.38. The first-order valence-electron chi connectivity index (χ1n) is 17.4. The van der Waals surface area contributed by atoms with Crippen LogP contribution >= 0.6 is 0 Å². The number of hydrogen-bond acceptors (Lipinski definition) is 4. The van der Waals surface area contributed by atoms with Crippen LogP contribution in [0.3, 0.4) is 0 Å². The number of fused-ring (bicyclic) bond motifs is 12. The summed E-state index contributed by atoms with van der Waals surface area (Å²) in [4.78, 5) is 15.1. The zero-order valence-electron chi connectivity index (χ0n) is 27.3. The Kier molecular flexibility index (Phi) is 5.25. The Labute approximate surface area is 290 Å². The van der Waals surface area contributed by atoms with Crippen molar-refractivity contribution in [3.63, 3.8) is 0 Å². The summed E-state index contributed by atoms with van der Waals surface area (Å²) in [5.74, 6) is 0.843. The molecule has 6 heteroatoms. The van der Waals surface area contributed by atoms with Gasteiger partial charge in [-0.05, 0) is 60.0 Å². The molecular formula is C45H27N5O. The first kappa shape index (κ1) is 27.1. The predicted octanol–water partition coefficient (Wildman–Crippen LogP) is 11.1. The van der Waals surface area contributed by atoms with Crippen LogP contribution in [-0.4, -0.2) is 23.9 Å². The molecule has 0 saturated heterocycles. The Morgan fingerprint density at radius 3 is 2.10 bits per heavy atom. The van der Waals surface area contributed by atoms with Gasteiger partial charge in [0.1, 0.15) is 5.52 Å². The highest BCUT2D eigenvalue weighted by Crippen LogP contribution is 2.44. The minimum atomic E-state index is 0.168. The lowest BCUT2D eigenvalue weighted by Crippen LogP contribution is -2.06. The number of rotatable bonds is 3. The summed E-state index contributed by atoms with van der Waals surface area (Å²) < 4.78 is 10.7. The molecule has 11 aromatic rings. The molecule has 1 atom stereocenters. The molecule has 51 heavy (non-hydrogen) atoms. The number of nitrogens with zero attached hydrogens (tertiary/aromatic N) is 5. The molecule has 0 bridgehead atoms. The highest BCUT2D eigenvalue weighted by Gasteiger charge is 2.24. The van der Waals surface area contributed by atoms with Crippen LogP contribution in [0.1, 0.15) is 23.6 Å². The van der Waals surface area contributed by atoms with Crippen LogP contribution < -0.4 is 0 Å². The number of oxazole rings is 1. The van der Waals surface area contributed by atoms with Gasteiger partial charge in [-0.1, -0.05) is 97.1 Å². The van der Waals surface area contributed by atoms with Gasteiger partial charge in [-0.15, -0.1) is 0 Å². The molecule has 5 heterocycles. The van der Waals surface area contributed by atoms with Gasteiger partial charge in [0.25, 0.3) is 0 Å². The topological polar surface area (TPSA) is 61.2 Å². The summed E-state index contributed by atoms with van der Waals surface area (Å²) in [5, 5.41) is 8.18. The van der Waals surface area contributed by atoms with E-state index in [4.69, 9.17) is 14.4 Å². The van der Waals surface area contributed by atoms with Crippen LogP contribution in [0.2, 0.25) is 0 Å². The maximum atomic E-state index is 6.07. The molecule has 6 aromatic carbocycles. The summed E-state index contributed by atoms with van der Waals surface area (Å²) in [5.41, 5.74) is 11.7. The van der Waals surface area contributed by atoms with Crippen molar-refractivity contribution in [3.05, 3.63) is 157 Å². The number of hydrogen-bond donors (Lipinski definition) is 0. The van der Waals surface area contributed by atoms with Crippen molar-refractivity contribution < 1.29 is 4.42 Å². The van der Waals surface area contributed by atoms with Crippen molar-refractivity contribution in [2.24, 2.45) is 0 Å². The molecule has 6 nitrogen and oxygen atoms in total. The van der Waals surface area contributed by atoms with Crippen LogP contribution in [0, 0.1) is 0 Å². The molecule has 12 rings (SSSR count). The highest BCUT2D eigenvalue weighted by atomic mass is 16.3. The quantitative estimate of drug-likeness (QED) is 0.190. The summed E-state index contributed by atoms with van der Waals surface area (Å²) in [6, 6.07) is 43.1. The molecule has 238 valence electrons. The van der Waals surface area contributed by atoms with Gasteiger partial charge in [0, 0.05) is 38.2 Å². The van der Waals surface area contributed by atoms with Crippen LogP contribution in [0.15, 0.2) is 150 Å². The van der Waals surface area contributed by atoms with Crippen molar-refractivity contribution in [3.8, 4) is 5.95 Å². The fourth-order valence-electron chi connectivity index (χ4n) is 8.72.